The van der Waals surface area contributed by atoms with Gasteiger partial charge >= 0.3 is 0 Å². The van der Waals surface area contributed by atoms with Gasteiger partial charge in [-0.15, -0.1) is 0 Å². The van der Waals surface area contributed by atoms with E-state index in [4.69, 9.17) is 14.6 Å². The Morgan fingerprint density at radius 1 is 1.00 bits per heavy atom. The maximum atomic E-state index is 14.1. The van der Waals surface area contributed by atoms with E-state index in [2.05, 4.69) is 37.5 Å². The molecule has 1 aliphatic heterocycles. The van der Waals surface area contributed by atoms with Crippen molar-refractivity contribution in [3.05, 3.63) is 65.1 Å². The number of amides is 1. The number of methoxy groups -OCH3 is 2. The van der Waals surface area contributed by atoms with E-state index in [0.29, 0.717) is 42.6 Å². The van der Waals surface area contributed by atoms with E-state index in [0.717, 1.165) is 55.4 Å². The fourth-order valence-corrected chi connectivity index (χ4v) is 5.40. The van der Waals surface area contributed by atoms with E-state index < -0.39 is 0 Å². The first-order valence-electron chi connectivity index (χ1n) is 14.2. The number of hydrogen-bond donors (Lipinski definition) is 0. The molecule has 1 fully saturated rings. The van der Waals surface area contributed by atoms with Gasteiger partial charge in [-0.05, 0) is 63.1 Å². The molecule has 1 aromatic heterocycles. The predicted octanol–water partition coefficient (Wildman–Crippen LogP) is 5.17. The molecule has 4 rings (SSSR count). The molecule has 1 saturated heterocycles. The minimum Gasteiger partial charge on any atom is -0.496 e. The van der Waals surface area contributed by atoms with Crippen LogP contribution in [0.5, 0.6) is 11.5 Å². The van der Waals surface area contributed by atoms with Gasteiger partial charge in [0.05, 0.1) is 32.1 Å². The van der Waals surface area contributed by atoms with Crippen LogP contribution >= 0.6 is 0 Å². The first-order valence-corrected chi connectivity index (χ1v) is 14.2. The number of anilines is 1. The molecule has 216 valence electrons. The lowest BCUT2D eigenvalue weighted by Gasteiger charge is -2.38. The van der Waals surface area contributed by atoms with Crippen molar-refractivity contribution < 1.29 is 18.7 Å². The predicted molar refractivity (Wildman–Crippen MR) is 156 cm³/mol. The Kier molecular flexibility index (Phi) is 9.68. The fourth-order valence-electron chi connectivity index (χ4n) is 5.40. The van der Waals surface area contributed by atoms with Crippen molar-refractivity contribution in [1.82, 2.24) is 19.6 Å². The number of rotatable bonds is 11. The Morgan fingerprint density at radius 3 is 2.15 bits per heavy atom. The Hall–Kier alpha value is -3.59. The number of piperazine rings is 1. The highest BCUT2D eigenvalue weighted by molar-refractivity contribution is 5.99. The summed E-state index contributed by atoms with van der Waals surface area (Å²) in [4.78, 5) is 20.8. The van der Waals surface area contributed by atoms with Crippen LogP contribution in [-0.2, 0) is 13.0 Å². The number of hydrogen-bond acceptors (Lipinski definition) is 6. The molecule has 0 atom stereocenters. The molecule has 0 bridgehead atoms. The zero-order valence-corrected chi connectivity index (χ0v) is 24.6. The van der Waals surface area contributed by atoms with Crippen molar-refractivity contribution in [2.24, 2.45) is 0 Å². The van der Waals surface area contributed by atoms with Gasteiger partial charge in [0.25, 0.3) is 5.91 Å². The summed E-state index contributed by atoms with van der Waals surface area (Å²) >= 11 is 0. The summed E-state index contributed by atoms with van der Waals surface area (Å²) in [6, 6.07) is 12.3. The van der Waals surface area contributed by atoms with Gasteiger partial charge in [-0.3, -0.25) is 9.69 Å². The molecule has 1 amide bonds. The third-order valence-corrected chi connectivity index (χ3v) is 7.56. The zero-order chi connectivity index (χ0) is 28.8. The number of nitrogens with zero attached hydrogens (tertiary/aromatic N) is 5. The number of benzene rings is 2. The molecule has 2 heterocycles. The van der Waals surface area contributed by atoms with Crippen LogP contribution in [-0.4, -0.2) is 78.5 Å². The maximum Gasteiger partial charge on any atom is 0.261 e. The van der Waals surface area contributed by atoms with Gasteiger partial charge in [0.1, 0.15) is 28.7 Å². The molecule has 0 spiro atoms. The third-order valence-electron chi connectivity index (χ3n) is 7.56. The van der Waals surface area contributed by atoms with Crippen LogP contribution in [0.15, 0.2) is 42.5 Å². The van der Waals surface area contributed by atoms with Crippen LogP contribution in [0.1, 0.15) is 55.7 Å². The molecule has 9 heteroatoms. The molecule has 0 aliphatic carbocycles. The first kappa shape index (κ1) is 29.4. The summed E-state index contributed by atoms with van der Waals surface area (Å²) in [6.07, 6.45) is 1.49. The van der Waals surface area contributed by atoms with Gasteiger partial charge < -0.3 is 19.3 Å². The van der Waals surface area contributed by atoms with E-state index in [1.807, 2.05) is 15.6 Å². The van der Waals surface area contributed by atoms with Crippen molar-refractivity contribution in [3.8, 4) is 17.2 Å². The van der Waals surface area contributed by atoms with E-state index >= 15 is 0 Å². The average molecular weight is 552 g/mol. The second-order valence-corrected chi connectivity index (χ2v) is 10.4. The van der Waals surface area contributed by atoms with Gasteiger partial charge in [0.2, 0.25) is 0 Å². The van der Waals surface area contributed by atoms with Gasteiger partial charge in [0.15, 0.2) is 0 Å². The highest BCUT2D eigenvalue weighted by Gasteiger charge is 2.30. The summed E-state index contributed by atoms with van der Waals surface area (Å²) in [5, 5.41) is 5.02. The third kappa shape index (κ3) is 6.09. The normalized spacial score (nSPS) is 14.1. The molecule has 0 N–H and O–H groups in total. The van der Waals surface area contributed by atoms with Gasteiger partial charge in [-0.1, -0.05) is 19.9 Å². The molecule has 0 unspecified atom stereocenters. The molecule has 0 saturated carbocycles. The Bertz CT molecular complexity index is 1260. The van der Waals surface area contributed by atoms with Crippen LogP contribution in [0.3, 0.4) is 0 Å². The molecule has 0 radical (unpaired) electrons. The van der Waals surface area contributed by atoms with Crippen molar-refractivity contribution in [3.63, 3.8) is 0 Å². The van der Waals surface area contributed by atoms with Gasteiger partial charge in [-0.2, -0.15) is 5.10 Å². The lowest BCUT2D eigenvalue weighted by Crippen LogP contribution is -2.49. The van der Waals surface area contributed by atoms with Crippen molar-refractivity contribution in [2.75, 3.05) is 51.8 Å². The minimum atomic E-state index is -0.288. The van der Waals surface area contributed by atoms with Gasteiger partial charge in [-0.25, -0.2) is 9.07 Å². The number of aryl methyl sites for hydroxylation is 1. The first-order chi connectivity index (χ1) is 19.3. The highest BCUT2D eigenvalue weighted by atomic mass is 19.1. The number of ether oxygens (including phenoxy) is 2. The summed E-state index contributed by atoms with van der Waals surface area (Å²) in [5.41, 5.74) is 3.15. The molecule has 3 aromatic rings. The van der Waals surface area contributed by atoms with Crippen molar-refractivity contribution in [2.45, 2.75) is 53.1 Å². The summed E-state index contributed by atoms with van der Waals surface area (Å²) < 4.78 is 26.9. The van der Waals surface area contributed by atoms with Crippen LogP contribution in [0, 0.1) is 5.82 Å². The summed E-state index contributed by atoms with van der Waals surface area (Å²) in [7, 11) is 3.12. The smallest absolute Gasteiger partial charge is 0.261 e. The van der Waals surface area contributed by atoms with E-state index in [9.17, 15) is 9.18 Å². The Morgan fingerprint density at radius 2 is 1.62 bits per heavy atom. The number of halogens is 1. The molecule has 1 aliphatic rings. The lowest BCUT2D eigenvalue weighted by atomic mass is 10.1. The SMILES string of the molecule is CCCN(Cc1c(CC)nn(-c2ccc(F)cc2)c1N1CCN(C(C)C)CC1)C(=O)c1c(OC)cccc1OC. The molecule has 40 heavy (non-hydrogen) atoms. The van der Waals surface area contributed by atoms with Crippen molar-refractivity contribution >= 4 is 11.7 Å². The number of carbonyl (C=O) groups excluding carboxylic acids is 1. The second kappa shape index (κ2) is 13.2. The number of carbonyl (C=O) groups is 1. The average Bonchev–Trinajstić information content (AvgIpc) is 3.34. The number of aromatic nitrogens is 2. The minimum absolute atomic E-state index is 0.150. The Balaban J connectivity index is 1.80. The van der Waals surface area contributed by atoms with Crippen LogP contribution in [0.2, 0.25) is 0 Å². The standard InChI is InChI=1S/C31H42FN5O3/c1-7-16-36(31(38)29-27(39-5)10-9-11-28(29)40-6)21-25-26(8-2)33-37(24-14-12-23(32)13-15-24)30(25)35-19-17-34(18-20-35)22(3)4/h9-15,22H,7-8,16-21H2,1-6H3. The van der Waals surface area contributed by atoms with Crippen molar-refractivity contribution in [1.29, 1.82) is 0 Å². The molecular formula is C31H42FN5O3. The monoisotopic (exact) mass is 551 g/mol. The zero-order valence-electron chi connectivity index (χ0n) is 24.6. The van der Waals surface area contributed by atoms with Crippen LogP contribution in [0.25, 0.3) is 5.69 Å². The summed E-state index contributed by atoms with van der Waals surface area (Å²) in [6.45, 7) is 13.1. The largest absolute Gasteiger partial charge is 0.496 e. The van der Waals surface area contributed by atoms with Crippen LogP contribution < -0.4 is 14.4 Å². The summed E-state index contributed by atoms with van der Waals surface area (Å²) in [5.74, 6) is 1.49. The molecular weight excluding hydrogens is 509 g/mol. The Labute approximate surface area is 237 Å². The second-order valence-electron chi connectivity index (χ2n) is 10.4. The molecule has 8 nitrogen and oxygen atoms in total. The van der Waals surface area contributed by atoms with E-state index in [-0.39, 0.29) is 11.7 Å². The fraction of sp³-hybridized carbons (Fsp3) is 0.484. The quantitative estimate of drug-likeness (QED) is 0.328. The van der Waals surface area contributed by atoms with Crippen LogP contribution in [0.4, 0.5) is 10.2 Å². The van der Waals surface area contributed by atoms with E-state index in [1.165, 1.54) is 12.1 Å². The topological polar surface area (TPSA) is 63.1 Å². The maximum absolute atomic E-state index is 14.1. The lowest BCUT2D eigenvalue weighted by molar-refractivity contribution is 0.0736. The van der Waals surface area contributed by atoms with Gasteiger partial charge in [0, 0.05) is 44.3 Å². The molecule has 2 aromatic carbocycles. The van der Waals surface area contributed by atoms with E-state index in [1.54, 1.807) is 38.5 Å². The highest BCUT2D eigenvalue weighted by Crippen LogP contribution is 2.34.